The predicted molar refractivity (Wildman–Crippen MR) is 185 cm³/mol. The van der Waals surface area contributed by atoms with Gasteiger partial charge in [0.25, 0.3) is 5.91 Å². The molecule has 0 aliphatic carbocycles. The van der Waals surface area contributed by atoms with Crippen molar-refractivity contribution in [2.75, 3.05) is 31.2 Å². The number of unbranched alkanes of at least 4 members (excludes halogenated alkanes) is 1. The van der Waals surface area contributed by atoms with Gasteiger partial charge >= 0.3 is 5.97 Å². The third kappa shape index (κ3) is 7.10. The highest BCUT2D eigenvalue weighted by molar-refractivity contribution is 9.09. The quantitative estimate of drug-likeness (QED) is 0.110. The van der Waals surface area contributed by atoms with E-state index >= 15 is 0 Å². The maximum absolute atomic E-state index is 14.7. The van der Waals surface area contributed by atoms with Gasteiger partial charge in [0.1, 0.15) is 18.2 Å². The largest absolute Gasteiger partial charge is 0.463 e. The number of carbonyl (C=O) groups excluding carboxylic acids is 4. The molecule has 48 heavy (non-hydrogen) atoms. The fourth-order valence-corrected chi connectivity index (χ4v) is 8.27. The van der Waals surface area contributed by atoms with Crippen LogP contribution in [0.25, 0.3) is 0 Å². The average molecular weight is 743 g/mol. The summed E-state index contributed by atoms with van der Waals surface area (Å²) in [5.74, 6) is -3.38. The zero-order valence-electron chi connectivity index (χ0n) is 26.6. The SMILES string of the molecule is C=CCCC(=O)OC[C@@H](NC(=O)[C@H]1[C@@H]2O[C@@]3(CC2Br)[C@@H]1C(=O)N(CCCCO)[C@@H]3C(=O)N(CC=C)c1ccc(Cl)cc1)c1ccccc1. The predicted octanol–water partition coefficient (Wildman–Crippen LogP) is 4.75. The molecule has 0 aromatic heterocycles. The van der Waals surface area contributed by atoms with Gasteiger partial charge in [-0.15, -0.1) is 13.2 Å². The molecule has 0 saturated carbocycles. The van der Waals surface area contributed by atoms with Crippen LogP contribution < -0.4 is 10.2 Å². The Morgan fingerprint density at radius 1 is 1.15 bits per heavy atom. The number of hydrogen-bond acceptors (Lipinski definition) is 7. The number of aliphatic hydroxyl groups excluding tert-OH is 1. The number of nitrogens with zero attached hydrogens (tertiary/aromatic N) is 2. The summed E-state index contributed by atoms with van der Waals surface area (Å²) in [5.41, 5.74) is 0.0351. The van der Waals surface area contributed by atoms with Gasteiger partial charge in [-0.05, 0) is 55.5 Å². The van der Waals surface area contributed by atoms with Crippen molar-refractivity contribution in [2.24, 2.45) is 11.8 Å². The van der Waals surface area contributed by atoms with E-state index in [4.69, 9.17) is 21.1 Å². The van der Waals surface area contributed by atoms with Crippen LogP contribution in [-0.2, 0) is 28.7 Å². The number of benzene rings is 2. The van der Waals surface area contributed by atoms with Crippen molar-refractivity contribution in [3.63, 3.8) is 0 Å². The number of fused-ring (bicyclic) bond motifs is 1. The molecule has 3 fully saturated rings. The molecule has 0 radical (unpaired) electrons. The Kier molecular flexibility index (Phi) is 11.8. The van der Waals surface area contributed by atoms with Gasteiger partial charge in [-0.3, -0.25) is 19.2 Å². The number of ether oxygens (including phenoxy) is 2. The molecular weight excluding hydrogens is 702 g/mol. The highest BCUT2D eigenvalue weighted by Gasteiger charge is 2.76. The smallest absolute Gasteiger partial charge is 0.306 e. The second-order valence-corrected chi connectivity index (χ2v) is 13.9. The first kappa shape index (κ1) is 35.8. The molecule has 2 aromatic carbocycles. The Bertz CT molecular complexity index is 1510. The molecule has 7 atom stereocenters. The lowest BCUT2D eigenvalue weighted by molar-refractivity contribution is -0.145. The normalized spacial score (nSPS) is 26.1. The summed E-state index contributed by atoms with van der Waals surface area (Å²) in [5, 5.41) is 13.1. The van der Waals surface area contributed by atoms with E-state index in [1.165, 1.54) is 4.90 Å². The number of likely N-dealkylation sites (tertiary alicyclic amines) is 1. The van der Waals surface area contributed by atoms with Crippen LogP contribution >= 0.6 is 27.5 Å². The summed E-state index contributed by atoms with van der Waals surface area (Å²) in [6, 6.07) is 14.3. The zero-order valence-corrected chi connectivity index (χ0v) is 29.0. The molecular formula is C36H41BrClN3O7. The summed E-state index contributed by atoms with van der Waals surface area (Å²) in [4.78, 5) is 58.5. The molecule has 2 aromatic rings. The highest BCUT2D eigenvalue weighted by atomic mass is 79.9. The minimum Gasteiger partial charge on any atom is -0.463 e. The Hall–Kier alpha value is -3.51. The van der Waals surface area contributed by atoms with Gasteiger partial charge in [0.15, 0.2) is 0 Å². The van der Waals surface area contributed by atoms with Crippen molar-refractivity contribution in [1.29, 1.82) is 0 Å². The Morgan fingerprint density at radius 2 is 1.88 bits per heavy atom. The topological polar surface area (TPSA) is 125 Å². The average Bonchev–Trinajstić information content (AvgIpc) is 3.68. The van der Waals surface area contributed by atoms with E-state index in [9.17, 15) is 24.3 Å². The number of aliphatic hydroxyl groups is 1. The van der Waals surface area contributed by atoms with Crippen LogP contribution in [-0.4, -0.2) is 82.6 Å². The van der Waals surface area contributed by atoms with Crippen molar-refractivity contribution in [1.82, 2.24) is 10.2 Å². The van der Waals surface area contributed by atoms with Gasteiger partial charge in [-0.1, -0.05) is 70.0 Å². The molecule has 1 spiro atoms. The number of carbonyl (C=O) groups is 4. The molecule has 1 unspecified atom stereocenters. The minimum absolute atomic E-state index is 0.0608. The molecule has 3 aliphatic heterocycles. The van der Waals surface area contributed by atoms with Gasteiger partial charge in [0, 0.05) is 41.7 Å². The van der Waals surface area contributed by atoms with Crippen molar-refractivity contribution >= 4 is 56.9 Å². The van der Waals surface area contributed by atoms with E-state index in [1.54, 1.807) is 41.3 Å². The number of anilines is 1. The first-order chi connectivity index (χ1) is 23.2. The molecule has 12 heteroatoms. The number of hydrogen-bond donors (Lipinski definition) is 2. The number of nitrogens with one attached hydrogen (secondary N) is 1. The lowest BCUT2D eigenvalue weighted by atomic mass is 9.70. The molecule has 3 amide bonds. The third-order valence-corrected chi connectivity index (χ3v) is 10.4. The molecule has 5 rings (SSSR count). The molecule has 256 valence electrons. The molecule has 10 nitrogen and oxygen atoms in total. The van der Waals surface area contributed by atoms with Gasteiger partial charge < -0.3 is 29.7 Å². The van der Waals surface area contributed by atoms with Crippen molar-refractivity contribution in [3.8, 4) is 0 Å². The molecule has 3 heterocycles. The second kappa shape index (κ2) is 15.8. The third-order valence-electron chi connectivity index (χ3n) is 9.33. The second-order valence-electron chi connectivity index (χ2n) is 12.3. The van der Waals surface area contributed by atoms with Crippen LogP contribution in [0.2, 0.25) is 5.02 Å². The van der Waals surface area contributed by atoms with Crippen LogP contribution in [0.15, 0.2) is 79.9 Å². The van der Waals surface area contributed by atoms with E-state index in [2.05, 4.69) is 34.4 Å². The van der Waals surface area contributed by atoms with Gasteiger partial charge in [-0.25, -0.2) is 0 Å². The van der Waals surface area contributed by atoms with E-state index in [1.807, 2.05) is 30.3 Å². The summed E-state index contributed by atoms with van der Waals surface area (Å²) >= 11 is 9.86. The van der Waals surface area contributed by atoms with Gasteiger partial charge in [0.05, 0.1) is 24.0 Å². The number of amides is 3. The molecule has 2 N–H and O–H groups in total. The summed E-state index contributed by atoms with van der Waals surface area (Å²) in [6.45, 7) is 7.70. The molecule has 2 bridgehead atoms. The summed E-state index contributed by atoms with van der Waals surface area (Å²) in [6.07, 6.45) is 4.45. The maximum atomic E-state index is 14.7. The fraction of sp³-hybridized carbons (Fsp3) is 0.444. The lowest BCUT2D eigenvalue weighted by Crippen LogP contribution is -2.57. The lowest BCUT2D eigenvalue weighted by Gasteiger charge is -2.37. The Balaban J connectivity index is 1.47. The van der Waals surface area contributed by atoms with E-state index in [0.717, 1.165) is 5.56 Å². The number of halogens is 2. The van der Waals surface area contributed by atoms with Crippen LogP contribution in [0.4, 0.5) is 5.69 Å². The maximum Gasteiger partial charge on any atom is 0.306 e. The van der Waals surface area contributed by atoms with Gasteiger partial charge in [-0.2, -0.15) is 0 Å². The first-order valence-corrected chi connectivity index (χ1v) is 17.5. The number of alkyl halides is 1. The minimum atomic E-state index is -1.28. The van der Waals surface area contributed by atoms with E-state index < -0.39 is 47.5 Å². The van der Waals surface area contributed by atoms with E-state index in [-0.39, 0.29) is 49.4 Å². The molecule has 3 aliphatic rings. The Labute approximate surface area is 294 Å². The van der Waals surface area contributed by atoms with Crippen LogP contribution in [0.3, 0.4) is 0 Å². The van der Waals surface area contributed by atoms with E-state index in [0.29, 0.717) is 36.4 Å². The number of rotatable bonds is 16. The highest BCUT2D eigenvalue weighted by Crippen LogP contribution is 2.60. The Morgan fingerprint density at radius 3 is 2.54 bits per heavy atom. The van der Waals surface area contributed by atoms with Gasteiger partial charge in [0.2, 0.25) is 11.8 Å². The zero-order chi connectivity index (χ0) is 34.4. The van der Waals surface area contributed by atoms with Crippen LogP contribution in [0, 0.1) is 11.8 Å². The monoisotopic (exact) mass is 741 g/mol. The summed E-state index contributed by atoms with van der Waals surface area (Å²) < 4.78 is 12.2. The number of esters is 1. The van der Waals surface area contributed by atoms with Crippen molar-refractivity contribution in [3.05, 3.63) is 90.5 Å². The van der Waals surface area contributed by atoms with Crippen molar-refractivity contribution in [2.45, 2.75) is 60.7 Å². The van der Waals surface area contributed by atoms with Crippen LogP contribution in [0.1, 0.15) is 43.7 Å². The number of allylic oxidation sites excluding steroid dienone is 1. The van der Waals surface area contributed by atoms with Crippen LogP contribution in [0.5, 0.6) is 0 Å². The fourth-order valence-electron chi connectivity index (χ4n) is 7.21. The summed E-state index contributed by atoms with van der Waals surface area (Å²) in [7, 11) is 0. The van der Waals surface area contributed by atoms with Crippen molar-refractivity contribution < 1.29 is 33.8 Å². The standard InChI is InChI=1S/C36H41BrClN3O7/c1-3-5-13-28(43)47-22-27(23-11-7-6-8-12-23)39-33(44)29-30-34(45)41(19-9-10-20-42)32(36(30)21-26(37)31(29)48-36)35(46)40(18-4-2)25-16-14-24(38)15-17-25/h3-4,6-8,11-12,14-17,26-27,29-32,42H,1-2,5,9-10,13,18-22H2,(H,39,44)/t26?,27-,29-,30+,31-,32-,36+/m1/s1. The molecule has 3 saturated heterocycles. The first-order valence-electron chi connectivity index (χ1n) is 16.2.